The number of sulfonamides is 1. The predicted octanol–water partition coefficient (Wildman–Crippen LogP) is 2.10. The second kappa shape index (κ2) is 11.2. The number of hydrogen-bond acceptors (Lipinski definition) is 7. The number of methoxy groups -OCH3 is 1. The molecule has 3 atom stereocenters. The van der Waals surface area contributed by atoms with Gasteiger partial charge in [-0.05, 0) is 42.3 Å². The van der Waals surface area contributed by atoms with E-state index in [9.17, 15) is 18.3 Å². The molecule has 9 nitrogen and oxygen atoms in total. The van der Waals surface area contributed by atoms with Crippen molar-refractivity contribution in [3.8, 4) is 22.9 Å². The van der Waals surface area contributed by atoms with Crippen LogP contribution in [0.4, 0.5) is 0 Å². The zero-order valence-electron chi connectivity index (χ0n) is 20.3. The van der Waals surface area contributed by atoms with Gasteiger partial charge in [0.25, 0.3) is 0 Å². The third-order valence-electron chi connectivity index (χ3n) is 6.16. The Labute approximate surface area is 206 Å². The minimum absolute atomic E-state index is 0.00188. The number of benzene rings is 2. The Kier molecular flexibility index (Phi) is 8.51. The molecule has 0 saturated carbocycles. The number of amides is 1. The fraction of sp³-hybridized carbons (Fsp3) is 0.440. The fourth-order valence-electron chi connectivity index (χ4n) is 3.97. The van der Waals surface area contributed by atoms with E-state index in [-0.39, 0.29) is 48.8 Å². The van der Waals surface area contributed by atoms with Gasteiger partial charge in [0.2, 0.25) is 15.9 Å². The Hall–Kier alpha value is -2.97. The first-order chi connectivity index (χ1) is 16.6. The van der Waals surface area contributed by atoms with Crippen molar-refractivity contribution >= 4 is 15.9 Å². The molecule has 1 aliphatic rings. The summed E-state index contributed by atoms with van der Waals surface area (Å²) in [5.74, 6) is -0.334. The maximum atomic E-state index is 13.6. The number of carbonyl (C=O) groups excluding carboxylic acids is 1. The van der Waals surface area contributed by atoms with E-state index in [1.165, 1.54) is 22.4 Å². The minimum atomic E-state index is -3.97. The molecule has 0 unspecified atom stereocenters. The second-order valence-electron chi connectivity index (χ2n) is 8.80. The Morgan fingerprint density at radius 3 is 2.54 bits per heavy atom. The summed E-state index contributed by atoms with van der Waals surface area (Å²) in [5, 5.41) is 18.8. The zero-order chi connectivity index (χ0) is 25.8. The maximum absolute atomic E-state index is 13.6. The van der Waals surface area contributed by atoms with Gasteiger partial charge >= 0.3 is 0 Å². The van der Waals surface area contributed by atoms with Gasteiger partial charge in [0, 0.05) is 32.7 Å². The van der Waals surface area contributed by atoms with Crippen LogP contribution in [-0.4, -0.2) is 81.2 Å². The van der Waals surface area contributed by atoms with Crippen LogP contribution in [0.3, 0.4) is 0 Å². The van der Waals surface area contributed by atoms with Crippen molar-refractivity contribution in [3.63, 3.8) is 0 Å². The van der Waals surface area contributed by atoms with Crippen molar-refractivity contribution in [2.24, 2.45) is 5.92 Å². The molecule has 1 N–H and O–H groups in total. The lowest BCUT2D eigenvalue weighted by Gasteiger charge is -2.37. The second-order valence-corrected chi connectivity index (χ2v) is 10.7. The monoisotopic (exact) mass is 501 g/mol. The molecule has 2 aromatic carbocycles. The Morgan fingerprint density at radius 2 is 1.94 bits per heavy atom. The molecule has 1 aliphatic heterocycles. The molecule has 3 rings (SSSR count). The molecule has 0 saturated heterocycles. The normalized spacial score (nSPS) is 20.5. The number of likely N-dealkylation sites (N-methyl/N-ethyl adjacent to an activating group) is 1. The van der Waals surface area contributed by atoms with E-state index < -0.39 is 22.2 Å². The standard InChI is InChI=1S/C25H31N3O6S/c1-17-13-28(18(2)15-29)35(31,32)24-10-9-21(20-7-5-19(12-26)6-8-20)11-22(24)34-23(17)14-27(3)25(30)16-33-4/h5-11,17-18,23,29H,13-16H2,1-4H3/t17-,18-,23-/m1/s1. The molecule has 0 spiro atoms. The third kappa shape index (κ3) is 5.82. The van der Waals surface area contributed by atoms with Crippen LogP contribution >= 0.6 is 0 Å². The average molecular weight is 502 g/mol. The Morgan fingerprint density at radius 1 is 1.29 bits per heavy atom. The van der Waals surface area contributed by atoms with Crippen LogP contribution in [-0.2, 0) is 19.6 Å². The highest BCUT2D eigenvalue weighted by molar-refractivity contribution is 7.89. The quantitative estimate of drug-likeness (QED) is 0.617. The summed E-state index contributed by atoms with van der Waals surface area (Å²) in [5.41, 5.74) is 2.04. The SMILES string of the molecule is COCC(=O)N(C)C[C@H]1Oc2cc(-c3ccc(C#N)cc3)ccc2S(=O)(=O)N([C@H](C)CO)C[C@H]1C. The maximum Gasteiger partial charge on any atom is 0.248 e. The van der Waals surface area contributed by atoms with E-state index in [1.807, 2.05) is 6.92 Å². The van der Waals surface area contributed by atoms with Crippen LogP contribution in [0.2, 0.25) is 0 Å². The minimum Gasteiger partial charge on any atom is -0.487 e. The van der Waals surface area contributed by atoms with Gasteiger partial charge in [-0.1, -0.05) is 25.1 Å². The van der Waals surface area contributed by atoms with Crippen molar-refractivity contribution in [3.05, 3.63) is 48.0 Å². The smallest absolute Gasteiger partial charge is 0.248 e. The van der Waals surface area contributed by atoms with E-state index in [0.29, 0.717) is 5.56 Å². The molecule has 10 heteroatoms. The number of hydrogen-bond donors (Lipinski definition) is 1. The summed E-state index contributed by atoms with van der Waals surface area (Å²) < 4.78 is 39.7. The van der Waals surface area contributed by atoms with E-state index in [4.69, 9.17) is 14.7 Å². The number of ether oxygens (including phenoxy) is 2. The Bertz CT molecular complexity index is 1190. The van der Waals surface area contributed by atoms with Crippen molar-refractivity contribution in [1.29, 1.82) is 5.26 Å². The molecule has 0 aromatic heterocycles. The number of carbonyl (C=O) groups is 1. The third-order valence-corrected chi connectivity index (χ3v) is 8.18. The number of fused-ring (bicyclic) bond motifs is 1. The van der Waals surface area contributed by atoms with E-state index >= 15 is 0 Å². The van der Waals surface area contributed by atoms with E-state index in [0.717, 1.165) is 11.1 Å². The molecular weight excluding hydrogens is 470 g/mol. The molecule has 1 amide bonds. The number of aliphatic hydroxyl groups excluding tert-OH is 1. The summed E-state index contributed by atoms with van der Waals surface area (Å²) in [6, 6.07) is 13.3. The number of nitrogens with zero attached hydrogens (tertiary/aromatic N) is 3. The number of aliphatic hydroxyl groups is 1. The summed E-state index contributed by atoms with van der Waals surface area (Å²) in [4.78, 5) is 13.8. The number of rotatable bonds is 7. The van der Waals surface area contributed by atoms with Gasteiger partial charge < -0.3 is 19.5 Å². The molecule has 188 valence electrons. The summed E-state index contributed by atoms with van der Waals surface area (Å²) >= 11 is 0. The highest BCUT2D eigenvalue weighted by Crippen LogP contribution is 2.36. The van der Waals surface area contributed by atoms with Crippen LogP contribution in [0.5, 0.6) is 5.75 Å². The average Bonchev–Trinajstić information content (AvgIpc) is 2.85. The largest absolute Gasteiger partial charge is 0.487 e. The molecule has 0 aliphatic carbocycles. The van der Waals surface area contributed by atoms with E-state index in [1.54, 1.807) is 50.4 Å². The topological polar surface area (TPSA) is 120 Å². The fourth-order valence-corrected chi connectivity index (χ4v) is 5.79. The van der Waals surface area contributed by atoms with Gasteiger partial charge in [-0.3, -0.25) is 4.79 Å². The van der Waals surface area contributed by atoms with Crippen LogP contribution < -0.4 is 4.74 Å². The first-order valence-electron chi connectivity index (χ1n) is 11.3. The van der Waals surface area contributed by atoms with Crippen LogP contribution in [0.25, 0.3) is 11.1 Å². The van der Waals surface area contributed by atoms with Gasteiger partial charge in [0.15, 0.2) is 0 Å². The van der Waals surface area contributed by atoms with Crippen molar-refractivity contribution in [2.75, 3.05) is 40.5 Å². The van der Waals surface area contributed by atoms with Gasteiger partial charge in [-0.2, -0.15) is 9.57 Å². The predicted molar refractivity (Wildman–Crippen MR) is 130 cm³/mol. The van der Waals surface area contributed by atoms with Gasteiger partial charge in [-0.15, -0.1) is 0 Å². The summed E-state index contributed by atoms with van der Waals surface area (Å²) in [7, 11) is -0.876. The lowest BCUT2D eigenvalue weighted by Crippen LogP contribution is -2.50. The Balaban J connectivity index is 2.09. The number of nitriles is 1. The first kappa shape index (κ1) is 26.6. The van der Waals surface area contributed by atoms with Gasteiger partial charge in [0.05, 0.1) is 24.8 Å². The molecular formula is C25H31N3O6S. The van der Waals surface area contributed by atoms with E-state index in [2.05, 4.69) is 6.07 Å². The van der Waals surface area contributed by atoms with Crippen molar-refractivity contribution < 1.29 is 27.8 Å². The molecule has 1 heterocycles. The zero-order valence-corrected chi connectivity index (χ0v) is 21.2. The lowest BCUT2D eigenvalue weighted by atomic mass is 10.0. The first-order valence-corrected chi connectivity index (χ1v) is 12.7. The van der Waals surface area contributed by atoms with Crippen molar-refractivity contribution in [2.45, 2.75) is 30.9 Å². The molecule has 35 heavy (non-hydrogen) atoms. The van der Waals surface area contributed by atoms with Gasteiger partial charge in [0.1, 0.15) is 23.4 Å². The highest BCUT2D eigenvalue weighted by Gasteiger charge is 2.38. The van der Waals surface area contributed by atoms with Crippen LogP contribution in [0.1, 0.15) is 19.4 Å². The lowest BCUT2D eigenvalue weighted by molar-refractivity contribution is -0.135. The van der Waals surface area contributed by atoms with Crippen LogP contribution in [0.15, 0.2) is 47.4 Å². The summed E-state index contributed by atoms with van der Waals surface area (Å²) in [6.07, 6.45) is -0.514. The summed E-state index contributed by atoms with van der Waals surface area (Å²) in [6.45, 7) is 3.47. The molecule has 0 radical (unpaired) electrons. The van der Waals surface area contributed by atoms with Crippen LogP contribution in [0, 0.1) is 17.2 Å². The molecule has 0 bridgehead atoms. The van der Waals surface area contributed by atoms with Gasteiger partial charge in [-0.25, -0.2) is 8.42 Å². The van der Waals surface area contributed by atoms with Crippen molar-refractivity contribution in [1.82, 2.24) is 9.21 Å². The highest BCUT2D eigenvalue weighted by atomic mass is 32.2. The molecule has 2 aromatic rings. The molecule has 0 fully saturated rings.